The summed E-state index contributed by atoms with van der Waals surface area (Å²) in [5.41, 5.74) is 3.58. The fourth-order valence-electron chi connectivity index (χ4n) is 5.39. The van der Waals surface area contributed by atoms with Gasteiger partial charge in [0.2, 0.25) is 21.8 Å². The summed E-state index contributed by atoms with van der Waals surface area (Å²) < 4.78 is 40.8. The molecule has 4 rings (SSSR count). The van der Waals surface area contributed by atoms with Gasteiger partial charge in [-0.15, -0.1) is 0 Å². The van der Waals surface area contributed by atoms with E-state index in [-0.39, 0.29) is 24.9 Å². The number of carbonyl (C=O) groups excluding carboxylic acids is 2. The molecule has 0 saturated heterocycles. The first kappa shape index (κ1) is 30.2. The zero-order chi connectivity index (χ0) is 29.6. The van der Waals surface area contributed by atoms with Crippen LogP contribution in [0, 0.1) is 19.7 Å². The Morgan fingerprint density at radius 2 is 1.61 bits per heavy atom. The molecule has 218 valence electrons. The Hall–Kier alpha value is -3.72. The third-order valence-electron chi connectivity index (χ3n) is 7.54. The summed E-state index contributed by atoms with van der Waals surface area (Å²) in [6.45, 7) is 3.24. The molecule has 0 heterocycles. The normalized spacial score (nSPS) is 14.4. The molecular formula is C32H38FN3O4S. The first-order valence-corrected chi connectivity index (χ1v) is 15.8. The average molecular weight is 580 g/mol. The molecule has 1 N–H and O–H groups in total. The van der Waals surface area contributed by atoms with E-state index in [1.54, 1.807) is 31.2 Å². The molecule has 1 saturated carbocycles. The Labute approximate surface area is 242 Å². The summed E-state index contributed by atoms with van der Waals surface area (Å²) in [6, 6.07) is 19.7. The maximum atomic E-state index is 14.2. The maximum Gasteiger partial charge on any atom is 0.244 e. The number of hydrogen-bond donors (Lipinski definition) is 1. The van der Waals surface area contributed by atoms with Gasteiger partial charge in [-0.05, 0) is 61.6 Å². The van der Waals surface area contributed by atoms with Crippen molar-refractivity contribution in [2.24, 2.45) is 0 Å². The molecule has 0 radical (unpaired) electrons. The van der Waals surface area contributed by atoms with Gasteiger partial charge in [-0.25, -0.2) is 12.8 Å². The van der Waals surface area contributed by atoms with Crippen molar-refractivity contribution >= 4 is 27.5 Å². The monoisotopic (exact) mass is 579 g/mol. The quantitative estimate of drug-likeness (QED) is 0.350. The van der Waals surface area contributed by atoms with E-state index in [1.165, 1.54) is 17.0 Å². The Balaban J connectivity index is 1.73. The summed E-state index contributed by atoms with van der Waals surface area (Å²) in [4.78, 5) is 29.4. The molecule has 1 fully saturated rings. The van der Waals surface area contributed by atoms with Crippen molar-refractivity contribution in [1.29, 1.82) is 0 Å². The van der Waals surface area contributed by atoms with E-state index in [0.29, 0.717) is 16.8 Å². The number of anilines is 1. The fourth-order valence-corrected chi connectivity index (χ4v) is 6.30. The second kappa shape index (κ2) is 13.3. The van der Waals surface area contributed by atoms with E-state index in [9.17, 15) is 22.4 Å². The zero-order valence-corrected chi connectivity index (χ0v) is 24.7. The molecule has 0 unspecified atom stereocenters. The second-order valence-electron chi connectivity index (χ2n) is 10.9. The van der Waals surface area contributed by atoms with Gasteiger partial charge in [0, 0.05) is 19.0 Å². The molecule has 1 aliphatic carbocycles. The van der Waals surface area contributed by atoms with Crippen molar-refractivity contribution in [1.82, 2.24) is 10.2 Å². The highest BCUT2D eigenvalue weighted by molar-refractivity contribution is 7.92. The SMILES string of the molecule is Cc1ccc(N(CC(=O)N(Cc2ccc(F)cc2)[C@@H](Cc2ccccc2)C(=O)NC2CCCC2)S(C)(=O)=O)c(C)c1. The van der Waals surface area contributed by atoms with Crippen LogP contribution in [0.3, 0.4) is 0 Å². The molecule has 0 spiro atoms. The highest BCUT2D eigenvalue weighted by Gasteiger charge is 2.34. The predicted octanol–water partition coefficient (Wildman–Crippen LogP) is 4.91. The molecule has 9 heteroatoms. The van der Waals surface area contributed by atoms with Crippen LogP contribution in [0.15, 0.2) is 72.8 Å². The highest BCUT2D eigenvalue weighted by Crippen LogP contribution is 2.25. The lowest BCUT2D eigenvalue weighted by atomic mass is 10.0. The van der Waals surface area contributed by atoms with Gasteiger partial charge in [0.05, 0.1) is 11.9 Å². The molecule has 3 aromatic carbocycles. The zero-order valence-electron chi connectivity index (χ0n) is 23.8. The molecule has 1 aliphatic rings. The molecule has 7 nitrogen and oxygen atoms in total. The minimum absolute atomic E-state index is 0.0131. The number of amides is 2. The maximum absolute atomic E-state index is 14.2. The molecular weight excluding hydrogens is 541 g/mol. The van der Waals surface area contributed by atoms with E-state index in [1.807, 2.05) is 43.3 Å². The van der Waals surface area contributed by atoms with Crippen molar-refractivity contribution < 1.29 is 22.4 Å². The number of carbonyl (C=O) groups is 2. The smallest absolute Gasteiger partial charge is 0.244 e. The van der Waals surface area contributed by atoms with Gasteiger partial charge in [0.25, 0.3) is 0 Å². The average Bonchev–Trinajstić information content (AvgIpc) is 3.43. The van der Waals surface area contributed by atoms with Crippen LogP contribution >= 0.6 is 0 Å². The summed E-state index contributed by atoms with van der Waals surface area (Å²) in [5, 5.41) is 3.14. The molecule has 1 atom stereocenters. The summed E-state index contributed by atoms with van der Waals surface area (Å²) in [6.07, 6.45) is 5.14. The van der Waals surface area contributed by atoms with Crippen LogP contribution in [-0.4, -0.2) is 50.0 Å². The van der Waals surface area contributed by atoms with Crippen LogP contribution in [0.4, 0.5) is 10.1 Å². The number of hydrogen-bond acceptors (Lipinski definition) is 4. The van der Waals surface area contributed by atoms with Crippen molar-refractivity contribution in [3.05, 3.63) is 101 Å². The Bertz CT molecular complexity index is 1460. The second-order valence-corrected chi connectivity index (χ2v) is 12.8. The van der Waals surface area contributed by atoms with Crippen LogP contribution in [0.5, 0.6) is 0 Å². The van der Waals surface area contributed by atoms with Crippen LogP contribution in [0.2, 0.25) is 0 Å². The largest absolute Gasteiger partial charge is 0.352 e. The van der Waals surface area contributed by atoms with Gasteiger partial charge in [-0.3, -0.25) is 13.9 Å². The van der Waals surface area contributed by atoms with Gasteiger partial charge in [-0.1, -0.05) is 73.0 Å². The van der Waals surface area contributed by atoms with Crippen LogP contribution in [0.25, 0.3) is 0 Å². The van der Waals surface area contributed by atoms with Crippen LogP contribution < -0.4 is 9.62 Å². The first-order valence-electron chi connectivity index (χ1n) is 13.9. The van der Waals surface area contributed by atoms with Crippen LogP contribution in [0.1, 0.15) is 47.9 Å². The predicted molar refractivity (Wildman–Crippen MR) is 159 cm³/mol. The molecule has 0 aromatic heterocycles. The fraction of sp³-hybridized carbons (Fsp3) is 0.375. The van der Waals surface area contributed by atoms with Gasteiger partial charge in [-0.2, -0.15) is 0 Å². The first-order chi connectivity index (χ1) is 19.5. The third kappa shape index (κ3) is 8.16. The van der Waals surface area contributed by atoms with Gasteiger partial charge in [0.1, 0.15) is 18.4 Å². The molecule has 41 heavy (non-hydrogen) atoms. The number of nitrogens with one attached hydrogen (secondary N) is 1. The lowest BCUT2D eigenvalue weighted by Crippen LogP contribution is -2.54. The van der Waals surface area contributed by atoms with Crippen molar-refractivity contribution in [3.8, 4) is 0 Å². The minimum Gasteiger partial charge on any atom is -0.352 e. The highest BCUT2D eigenvalue weighted by atomic mass is 32.2. The third-order valence-corrected chi connectivity index (χ3v) is 8.67. The number of benzene rings is 3. The Kier molecular flexibility index (Phi) is 9.81. The van der Waals surface area contributed by atoms with Crippen molar-refractivity contribution in [3.63, 3.8) is 0 Å². The van der Waals surface area contributed by atoms with E-state index in [4.69, 9.17) is 0 Å². The summed E-state index contributed by atoms with van der Waals surface area (Å²) in [7, 11) is -3.85. The van der Waals surface area contributed by atoms with Gasteiger partial charge in [0.15, 0.2) is 0 Å². The van der Waals surface area contributed by atoms with E-state index in [2.05, 4.69) is 5.32 Å². The molecule has 0 aliphatic heterocycles. The topological polar surface area (TPSA) is 86.8 Å². The standard InChI is InChI=1S/C32H38FN3O4S/c1-23-13-18-29(24(2)19-23)36(41(3,39)40)22-31(37)35(21-26-14-16-27(33)17-15-26)30(20-25-9-5-4-6-10-25)32(38)34-28-11-7-8-12-28/h4-6,9-10,13-19,28,30H,7-8,11-12,20-22H2,1-3H3,(H,34,38)/t30-/m0/s1. The van der Waals surface area contributed by atoms with Gasteiger partial charge < -0.3 is 10.2 Å². The number of nitrogens with zero attached hydrogens (tertiary/aromatic N) is 2. The number of rotatable bonds is 11. The molecule has 0 bridgehead atoms. The van der Waals surface area contributed by atoms with E-state index in [0.717, 1.165) is 47.4 Å². The number of sulfonamides is 1. The number of aryl methyl sites for hydroxylation is 2. The Morgan fingerprint density at radius 1 is 0.951 bits per heavy atom. The number of halogens is 1. The van der Waals surface area contributed by atoms with E-state index < -0.39 is 34.3 Å². The van der Waals surface area contributed by atoms with Crippen LogP contribution in [-0.2, 0) is 32.6 Å². The minimum atomic E-state index is -3.85. The molecule has 2 amide bonds. The summed E-state index contributed by atoms with van der Waals surface area (Å²) in [5.74, 6) is -1.22. The Morgan fingerprint density at radius 3 is 2.22 bits per heavy atom. The van der Waals surface area contributed by atoms with E-state index >= 15 is 0 Å². The lowest BCUT2D eigenvalue weighted by Gasteiger charge is -2.34. The lowest BCUT2D eigenvalue weighted by molar-refractivity contribution is -0.140. The van der Waals surface area contributed by atoms with Crippen molar-refractivity contribution in [2.75, 3.05) is 17.1 Å². The van der Waals surface area contributed by atoms with Gasteiger partial charge >= 0.3 is 0 Å². The van der Waals surface area contributed by atoms with Crippen molar-refractivity contribution in [2.45, 2.75) is 64.6 Å². The summed E-state index contributed by atoms with van der Waals surface area (Å²) >= 11 is 0. The molecule has 3 aromatic rings.